The number of aryl methyl sites for hydroxylation is 1. The lowest BCUT2D eigenvalue weighted by Gasteiger charge is -2.17. The fraction of sp³-hybridized carbons (Fsp3) is 0.571. The Hall–Kier alpha value is -0.910. The van der Waals surface area contributed by atoms with Gasteiger partial charge < -0.3 is 5.32 Å². The van der Waals surface area contributed by atoms with Gasteiger partial charge in [0, 0.05) is 13.1 Å². The molecule has 2 aliphatic rings. The molecule has 1 aromatic rings. The fourth-order valence-electron chi connectivity index (χ4n) is 3.06. The first kappa shape index (κ1) is 13.1. The van der Waals surface area contributed by atoms with E-state index in [0.717, 1.165) is 18.7 Å². The second-order valence-electron chi connectivity index (χ2n) is 5.55. The van der Waals surface area contributed by atoms with Crippen LogP contribution in [0.1, 0.15) is 5.56 Å². The van der Waals surface area contributed by atoms with Crippen molar-refractivity contribution < 1.29 is 8.42 Å². The molecule has 1 N–H and O–H groups in total. The summed E-state index contributed by atoms with van der Waals surface area (Å²) >= 11 is 0. The molecule has 0 saturated carbocycles. The van der Waals surface area contributed by atoms with Gasteiger partial charge in [-0.25, -0.2) is 12.7 Å². The third-order valence-electron chi connectivity index (χ3n) is 4.24. The van der Waals surface area contributed by atoms with Crippen LogP contribution >= 0.6 is 0 Å². The Kier molecular flexibility index (Phi) is 3.60. The Labute approximate surface area is 114 Å². The fourth-order valence-corrected chi connectivity index (χ4v) is 4.65. The first-order valence-electron chi connectivity index (χ1n) is 6.87. The minimum Gasteiger partial charge on any atom is -0.316 e. The zero-order chi connectivity index (χ0) is 13.3. The second kappa shape index (κ2) is 5.23. The highest BCUT2D eigenvalue weighted by molar-refractivity contribution is 7.89. The molecule has 0 aromatic heterocycles. The van der Waals surface area contributed by atoms with E-state index in [9.17, 15) is 8.42 Å². The lowest BCUT2D eigenvalue weighted by molar-refractivity contribution is 0.448. The van der Waals surface area contributed by atoms with Crippen molar-refractivity contribution in [3.63, 3.8) is 0 Å². The maximum absolute atomic E-state index is 12.3. The molecule has 1 aromatic carbocycles. The van der Waals surface area contributed by atoms with Gasteiger partial charge in [-0.15, -0.1) is 0 Å². The van der Waals surface area contributed by atoms with Gasteiger partial charge in [0.2, 0.25) is 10.0 Å². The van der Waals surface area contributed by atoms with E-state index in [2.05, 4.69) is 5.32 Å². The largest absolute Gasteiger partial charge is 0.316 e. The first-order chi connectivity index (χ1) is 9.15. The van der Waals surface area contributed by atoms with Crippen molar-refractivity contribution >= 4 is 10.0 Å². The van der Waals surface area contributed by atoms with Crippen LogP contribution in [0.25, 0.3) is 0 Å². The van der Waals surface area contributed by atoms with Gasteiger partial charge in [0.05, 0.1) is 5.75 Å². The van der Waals surface area contributed by atoms with Gasteiger partial charge in [-0.05, 0) is 36.9 Å². The van der Waals surface area contributed by atoms with Crippen LogP contribution in [-0.2, 0) is 16.4 Å². The standard InChI is InChI=1S/C14H20N2O2S/c17-19(18,7-6-12-4-2-1-3-5-12)16-10-13-8-15-9-14(13)11-16/h1-5,13-15H,6-11H2/t13-,14+. The molecule has 2 saturated heterocycles. The van der Waals surface area contributed by atoms with Crippen LogP contribution in [0.15, 0.2) is 30.3 Å². The molecule has 2 aliphatic heterocycles. The smallest absolute Gasteiger partial charge is 0.214 e. The van der Waals surface area contributed by atoms with E-state index in [-0.39, 0.29) is 5.75 Å². The van der Waals surface area contributed by atoms with Gasteiger partial charge in [-0.2, -0.15) is 0 Å². The summed E-state index contributed by atoms with van der Waals surface area (Å²) in [7, 11) is -3.09. The van der Waals surface area contributed by atoms with Crippen LogP contribution in [0, 0.1) is 11.8 Å². The van der Waals surface area contributed by atoms with Gasteiger partial charge in [-0.3, -0.25) is 0 Å². The topological polar surface area (TPSA) is 49.4 Å². The van der Waals surface area contributed by atoms with Crippen molar-refractivity contribution in [2.75, 3.05) is 31.9 Å². The second-order valence-corrected chi connectivity index (χ2v) is 7.64. The van der Waals surface area contributed by atoms with Crippen LogP contribution in [0.3, 0.4) is 0 Å². The van der Waals surface area contributed by atoms with Crippen LogP contribution in [0.2, 0.25) is 0 Å². The van der Waals surface area contributed by atoms with Crippen LogP contribution in [0.4, 0.5) is 0 Å². The monoisotopic (exact) mass is 280 g/mol. The van der Waals surface area contributed by atoms with E-state index in [0.29, 0.717) is 31.3 Å². The molecule has 0 bridgehead atoms. The summed E-state index contributed by atoms with van der Waals surface area (Å²) in [6.45, 7) is 3.34. The molecule has 104 valence electrons. The summed E-state index contributed by atoms with van der Waals surface area (Å²) in [5.41, 5.74) is 1.09. The van der Waals surface area contributed by atoms with Crippen molar-refractivity contribution in [1.29, 1.82) is 0 Å². The lowest BCUT2D eigenvalue weighted by atomic mass is 10.0. The van der Waals surface area contributed by atoms with Crippen molar-refractivity contribution in [3.05, 3.63) is 35.9 Å². The predicted molar refractivity (Wildman–Crippen MR) is 75.4 cm³/mol. The van der Waals surface area contributed by atoms with Gasteiger partial charge in [0.1, 0.15) is 0 Å². The molecule has 0 amide bonds. The molecule has 2 fully saturated rings. The summed E-state index contributed by atoms with van der Waals surface area (Å²) in [6, 6.07) is 9.82. The van der Waals surface area contributed by atoms with Crippen molar-refractivity contribution in [1.82, 2.24) is 9.62 Å². The van der Waals surface area contributed by atoms with E-state index in [4.69, 9.17) is 0 Å². The molecule has 0 aliphatic carbocycles. The van der Waals surface area contributed by atoms with Crippen molar-refractivity contribution in [2.24, 2.45) is 11.8 Å². The summed E-state index contributed by atoms with van der Waals surface area (Å²) < 4.78 is 26.4. The number of nitrogens with zero attached hydrogens (tertiary/aromatic N) is 1. The molecule has 0 unspecified atom stereocenters. The zero-order valence-electron chi connectivity index (χ0n) is 11.0. The van der Waals surface area contributed by atoms with Crippen molar-refractivity contribution in [2.45, 2.75) is 6.42 Å². The minimum absolute atomic E-state index is 0.226. The minimum atomic E-state index is -3.09. The number of hydrogen-bond donors (Lipinski definition) is 1. The van der Waals surface area contributed by atoms with E-state index in [1.165, 1.54) is 0 Å². The predicted octanol–water partition coefficient (Wildman–Crippen LogP) is 0.710. The summed E-state index contributed by atoms with van der Waals surface area (Å²) in [6.07, 6.45) is 0.604. The Morgan fingerprint density at radius 3 is 2.37 bits per heavy atom. The molecule has 0 spiro atoms. The number of hydrogen-bond acceptors (Lipinski definition) is 3. The zero-order valence-corrected chi connectivity index (χ0v) is 11.8. The van der Waals surface area contributed by atoms with E-state index < -0.39 is 10.0 Å². The maximum atomic E-state index is 12.3. The van der Waals surface area contributed by atoms with E-state index in [1.807, 2.05) is 30.3 Å². The average molecular weight is 280 g/mol. The van der Waals surface area contributed by atoms with Gasteiger partial charge in [0.25, 0.3) is 0 Å². The highest BCUT2D eigenvalue weighted by Gasteiger charge is 2.40. The Balaban J connectivity index is 1.61. The lowest BCUT2D eigenvalue weighted by Crippen LogP contribution is -2.34. The van der Waals surface area contributed by atoms with Gasteiger partial charge in [0.15, 0.2) is 0 Å². The Morgan fingerprint density at radius 1 is 1.11 bits per heavy atom. The molecule has 2 heterocycles. The van der Waals surface area contributed by atoms with Crippen LogP contribution < -0.4 is 5.32 Å². The third-order valence-corrected chi connectivity index (χ3v) is 6.05. The first-order valence-corrected chi connectivity index (χ1v) is 8.48. The third kappa shape index (κ3) is 2.83. The van der Waals surface area contributed by atoms with Crippen LogP contribution in [-0.4, -0.2) is 44.7 Å². The highest BCUT2D eigenvalue weighted by atomic mass is 32.2. The molecule has 2 atom stereocenters. The van der Waals surface area contributed by atoms with E-state index >= 15 is 0 Å². The number of nitrogens with one attached hydrogen (secondary N) is 1. The summed E-state index contributed by atoms with van der Waals surface area (Å²) in [5.74, 6) is 1.27. The quantitative estimate of drug-likeness (QED) is 0.884. The molecule has 4 nitrogen and oxygen atoms in total. The summed E-state index contributed by atoms with van der Waals surface area (Å²) in [4.78, 5) is 0. The highest BCUT2D eigenvalue weighted by Crippen LogP contribution is 2.28. The van der Waals surface area contributed by atoms with Crippen molar-refractivity contribution in [3.8, 4) is 0 Å². The normalized spacial score (nSPS) is 27.6. The molecular formula is C14H20N2O2S. The average Bonchev–Trinajstić information content (AvgIpc) is 2.99. The SMILES string of the molecule is O=S(=O)(CCc1ccccc1)N1C[C@H]2CNC[C@H]2C1. The maximum Gasteiger partial charge on any atom is 0.214 e. The molecule has 19 heavy (non-hydrogen) atoms. The summed E-state index contributed by atoms with van der Waals surface area (Å²) in [5, 5.41) is 3.33. The molecular weight excluding hydrogens is 260 g/mol. The van der Waals surface area contributed by atoms with Gasteiger partial charge >= 0.3 is 0 Å². The number of rotatable bonds is 4. The Morgan fingerprint density at radius 2 is 1.74 bits per heavy atom. The number of sulfonamides is 1. The number of fused-ring (bicyclic) bond motifs is 1. The van der Waals surface area contributed by atoms with E-state index in [1.54, 1.807) is 4.31 Å². The van der Waals surface area contributed by atoms with Gasteiger partial charge in [-0.1, -0.05) is 30.3 Å². The number of benzene rings is 1. The molecule has 0 radical (unpaired) electrons. The molecule has 3 rings (SSSR count). The Bertz CT molecular complexity index is 518. The molecule has 5 heteroatoms. The van der Waals surface area contributed by atoms with Crippen LogP contribution in [0.5, 0.6) is 0 Å².